The molecular formula is C50H62BrN10O4P. The zero-order valence-electron chi connectivity index (χ0n) is 38.4. The highest BCUT2D eigenvalue weighted by Gasteiger charge is 2.34. The first-order valence-electron chi connectivity index (χ1n) is 23.8. The highest BCUT2D eigenvalue weighted by Crippen LogP contribution is 2.54. The highest BCUT2D eigenvalue weighted by molar-refractivity contribution is 9.10. The van der Waals surface area contributed by atoms with Crippen LogP contribution in [0.15, 0.2) is 71.3 Å². The molecule has 2 aromatic heterocycles. The van der Waals surface area contributed by atoms with Crippen molar-refractivity contribution in [1.29, 1.82) is 0 Å². The van der Waals surface area contributed by atoms with E-state index in [0.29, 0.717) is 47.4 Å². The number of ether oxygens (including phenoxy) is 1. The molecule has 4 aliphatic heterocycles. The largest absolute Gasteiger partial charge is 0.494 e. The van der Waals surface area contributed by atoms with Gasteiger partial charge in [0.15, 0.2) is 0 Å². The van der Waals surface area contributed by atoms with E-state index >= 15 is 0 Å². The smallest absolute Gasteiger partial charge is 0.249 e. The lowest BCUT2D eigenvalue weighted by atomic mass is 9.99. The molecule has 9 rings (SSSR count). The van der Waals surface area contributed by atoms with Crippen LogP contribution >= 0.6 is 23.1 Å². The third-order valence-corrected chi connectivity index (χ3v) is 17.9. The number of carbonyl (C=O) groups is 2. The Labute approximate surface area is 396 Å². The minimum absolute atomic E-state index is 0.200. The number of methoxy groups -OCH3 is 1. The van der Waals surface area contributed by atoms with Crippen LogP contribution < -0.4 is 36.2 Å². The molecule has 0 bridgehead atoms. The molecule has 4 N–H and O–H groups in total. The summed E-state index contributed by atoms with van der Waals surface area (Å²) in [7, 11) is -0.922. The maximum atomic E-state index is 14.5. The number of benzene rings is 3. The van der Waals surface area contributed by atoms with Crippen LogP contribution in [0.5, 0.6) is 5.75 Å². The van der Waals surface area contributed by atoms with E-state index in [1.807, 2.05) is 24.3 Å². The number of aryl methyl sites for hydroxylation is 2. The number of pyridine rings is 1. The number of rotatable bonds is 15. The van der Waals surface area contributed by atoms with Gasteiger partial charge in [0.25, 0.3) is 0 Å². The summed E-state index contributed by atoms with van der Waals surface area (Å²) in [6, 6.07) is 21.0. The van der Waals surface area contributed by atoms with Crippen molar-refractivity contribution in [3.8, 4) is 5.75 Å². The zero-order chi connectivity index (χ0) is 45.8. The monoisotopic (exact) mass is 976 g/mol. The fraction of sp³-hybridized carbons (Fsp3) is 0.460. The molecule has 0 radical (unpaired) electrons. The van der Waals surface area contributed by atoms with Gasteiger partial charge in [0, 0.05) is 111 Å². The summed E-state index contributed by atoms with van der Waals surface area (Å²) in [6.07, 6.45) is 10.9. The normalized spacial score (nSPS) is 19.5. The van der Waals surface area contributed by atoms with Crippen LogP contribution in [-0.2, 0) is 33.4 Å². The maximum absolute atomic E-state index is 14.5. The molecule has 348 valence electrons. The third-order valence-electron chi connectivity index (χ3n) is 14.0. The molecular weight excluding hydrogens is 915 g/mol. The summed E-state index contributed by atoms with van der Waals surface area (Å²) >= 11 is 3.68. The second-order valence-corrected chi connectivity index (χ2v) is 22.1. The average molecular weight is 978 g/mol. The number of aromatic nitrogens is 3. The second kappa shape index (κ2) is 20.4. The first-order valence-corrected chi connectivity index (χ1v) is 26.7. The number of nitrogens with zero attached hydrogens (tertiary/aromatic N) is 6. The highest BCUT2D eigenvalue weighted by atomic mass is 79.9. The van der Waals surface area contributed by atoms with E-state index < -0.39 is 7.14 Å². The van der Waals surface area contributed by atoms with Crippen molar-refractivity contribution < 1.29 is 18.9 Å². The lowest BCUT2D eigenvalue weighted by molar-refractivity contribution is -0.133. The Morgan fingerprint density at radius 2 is 1.64 bits per heavy atom. The standard InChI is InChI=1S/C50H62BrN10O4P/c1-4-34-30-43(56-50-52-32-39(51)48(58-50)55-41-15-14-40-38(13-12-35(5-2)53-40)47(41)66(64)28-6-7-29-66)45(65-3)31-44(34)61-22-19-37(20-23-61)60-26-24-59(25-27-60)21-18-33-8-10-36(11-9-33)54-42-16-17-46(62)57-49(42)63/h8-15,30-32,37,42,54H,4-7,16-29H2,1-3H3,(H,57,62,63)(H2,52,55,56,58). The number of fused-ring (bicyclic) bond motifs is 1. The molecule has 3 aromatic carbocycles. The van der Waals surface area contributed by atoms with Gasteiger partial charge in [-0.25, -0.2) is 4.98 Å². The van der Waals surface area contributed by atoms with Crippen molar-refractivity contribution >= 4 is 85.6 Å². The average Bonchev–Trinajstić information content (AvgIpc) is 3.79. The summed E-state index contributed by atoms with van der Waals surface area (Å²) in [4.78, 5) is 45.9. The summed E-state index contributed by atoms with van der Waals surface area (Å²) in [6.45, 7) is 11.6. The lowest BCUT2D eigenvalue weighted by Gasteiger charge is -2.43. The first kappa shape index (κ1) is 46.0. The second-order valence-electron chi connectivity index (χ2n) is 18.1. The molecule has 4 fully saturated rings. The van der Waals surface area contributed by atoms with E-state index in [9.17, 15) is 14.2 Å². The summed E-state index contributed by atoms with van der Waals surface area (Å²) in [5.74, 6) is 1.29. The fourth-order valence-corrected chi connectivity index (χ4v) is 13.8. The quantitative estimate of drug-likeness (QED) is 0.0589. The van der Waals surface area contributed by atoms with Crippen molar-refractivity contribution in [3.63, 3.8) is 0 Å². The number of piperidine rings is 2. The van der Waals surface area contributed by atoms with Crippen molar-refractivity contribution in [3.05, 3.63) is 88.2 Å². The molecule has 2 amide bonds. The van der Waals surface area contributed by atoms with Gasteiger partial charge in [-0.2, -0.15) is 4.98 Å². The maximum Gasteiger partial charge on any atom is 0.249 e. The van der Waals surface area contributed by atoms with E-state index in [1.54, 1.807) is 13.3 Å². The van der Waals surface area contributed by atoms with Gasteiger partial charge in [-0.15, -0.1) is 0 Å². The van der Waals surface area contributed by atoms with Crippen LogP contribution in [-0.4, -0.2) is 114 Å². The Morgan fingerprint density at radius 3 is 2.35 bits per heavy atom. The molecule has 66 heavy (non-hydrogen) atoms. The Hall–Kier alpha value is -5.08. The molecule has 16 heteroatoms. The Morgan fingerprint density at radius 1 is 0.864 bits per heavy atom. The van der Waals surface area contributed by atoms with E-state index in [2.05, 4.69) is 107 Å². The van der Waals surface area contributed by atoms with Crippen molar-refractivity contribution in [2.45, 2.75) is 83.7 Å². The molecule has 0 spiro atoms. The van der Waals surface area contributed by atoms with Gasteiger partial charge < -0.3 is 35.1 Å². The van der Waals surface area contributed by atoms with E-state index in [4.69, 9.17) is 14.7 Å². The fourth-order valence-electron chi connectivity index (χ4n) is 10.2. The Balaban J connectivity index is 0.800. The third kappa shape index (κ3) is 10.2. The molecule has 6 heterocycles. The van der Waals surface area contributed by atoms with Gasteiger partial charge in [-0.05, 0) is 115 Å². The Bertz CT molecular complexity index is 2610. The summed E-state index contributed by atoms with van der Waals surface area (Å²) < 4.78 is 21.2. The lowest BCUT2D eigenvalue weighted by Crippen LogP contribution is -2.53. The van der Waals surface area contributed by atoms with Crippen LogP contribution in [0.1, 0.15) is 69.2 Å². The van der Waals surface area contributed by atoms with Crippen molar-refractivity contribution in [1.82, 2.24) is 30.1 Å². The molecule has 4 aliphatic rings. The summed E-state index contributed by atoms with van der Waals surface area (Å²) in [5.41, 5.74) is 8.13. The minimum atomic E-state index is -2.63. The van der Waals surface area contributed by atoms with Crippen LogP contribution in [0.4, 0.5) is 34.5 Å². The number of hydrogen-bond acceptors (Lipinski definition) is 13. The number of halogens is 1. The van der Waals surface area contributed by atoms with Crippen LogP contribution in [0.2, 0.25) is 0 Å². The van der Waals surface area contributed by atoms with E-state index in [0.717, 1.165) is 135 Å². The SMILES string of the molecule is CCc1ccc2c(P3(=O)CCCC3)c(Nc3nc(Nc4cc(CC)c(N5CCC(N6CCN(CCc7ccc(NC8CCC(=O)NC8=O)cc7)CC6)CC5)cc4OC)ncc3Br)ccc2n1. The number of amides is 2. The van der Waals surface area contributed by atoms with E-state index in [1.165, 1.54) is 16.8 Å². The number of nitrogens with one attached hydrogen (secondary N) is 4. The first-order chi connectivity index (χ1) is 32.1. The predicted molar refractivity (Wildman–Crippen MR) is 269 cm³/mol. The van der Waals surface area contributed by atoms with Gasteiger partial charge in [-0.3, -0.25) is 24.8 Å². The van der Waals surface area contributed by atoms with Gasteiger partial charge >= 0.3 is 0 Å². The molecule has 14 nitrogen and oxygen atoms in total. The van der Waals surface area contributed by atoms with Crippen molar-refractivity contribution in [2.24, 2.45) is 0 Å². The number of hydrogen-bond donors (Lipinski definition) is 4. The predicted octanol–water partition coefficient (Wildman–Crippen LogP) is 8.24. The number of imide groups is 1. The zero-order valence-corrected chi connectivity index (χ0v) is 40.9. The number of piperazine rings is 1. The van der Waals surface area contributed by atoms with Gasteiger partial charge in [0.2, 0.25) is 17.8 Å². The summed E-state index contributed by atoms with van der Waals surface area (Å²) in [5, 5.41) is 14.5. The van der Waals surface area contributed by atoms with Crippen molar-refractivity contribution in [2.75, 3.05) is 86.1 Å². The van der Waals surface area contributed by atoms with Crippen LogP contribution in [0, 0.1) is 0 Å². The molecule has 5 aromatic rings. The topological polar surface area (TPSA) is 157 Å². The molecule has 0 saturated carbocycles. The van der Waals surface area contributed by atoms with Gasteiger partial charge in [0.05, 0.1) is 28.5 Å². The minimum Gasteiger partial charge on any atom is -0.494 e. The molecule has 1 unspecified atom stereocenters. The molecule has 0 aliphatic carbocycles. The van der Waals surface area contributed by atoms with Crippen LogP contribution in [0.3, 0.4) is 0 Å². The van der Waals surface area contributed by atoms with E-state index in [-0.39, 0.29) is 17.9 Å². The van der Waals surface area contributed by atoms with Gasteiger partial charge in [-0.1, -0.05) is 32.0 Å². The Kier molecular flexibility index (Phi) is 14.2. The number of anilines is 6. The van der Waals surface area contributed by atoms with Gasteiger partial charge in [0.1, 0.15) is 24.8 Å². The molecule has 4 saturated heterocycles. The van der Waals surface area contributed by atoms with Crippen LogP contribution in [0.25, 0.3) is 10.9 Å². The molecule has 1 atom stereocenters. The number of carbonyl (C=O) groups excluding carboxylic acids is 2.